The predicted octanol–water partition coefficient (Wildman–Crippen LogP) is 3.28. The summed E-state index contributed by atoms with van der Waals surface area (Å²) in [6.45, 7) is 0.175. The zero-order valence-electron chi connectivity index (χ0n) is 12.5. The summed E-state index contributed by atoms with van der Waals surface area (Å²) >= 11 is 0. The van der Waals surface area contributed by atoms with E-state index in [1.807, 2.05) is 24.3 Å². The van der Waals surface area contributed by atoms with Gasteiger partial charge in [0.1, 0.15) is 24.2 Å². The second kappa shape index (κ2) is 6.79. The molecule has 120 valence electrons. The summed E-state index contributed by atoms with van der Waals surface area (Å²) < 4.78 is 19.1. The Labute approximate surface area is 133 Å². The van der Waals surface area contributed by atoms with Crippen LogP contribution in [0.4, 0.5) is 4.39 Å². The van der Waals surface area contributed by atoms with E-state index in [1.54, 1.807) is 18.2 Å². The highest BCUT2D eigenvalue weighted by molar-refractivity contribution is 5.73. The summed E-state index contributed by atoms with van der Waals surface area (Å²) in [5.41, 5.74) is 1.55. The summed E-state index contributed by atoms with van der Waals surface area (Å²) in [7, 11) is 0. The number of rotatable bonds is 5. The number of aliphatic carboxylic acids is 1. The third-order valence-corrected chi connectivity index (χ3v) is 4.08. The van der Waals surface area contributed by atoms with Crippen LogP contribution in [0.2, 0.25) is 0 Å². The number of halogens is 1. The van der Waals surface area contributed by atoms with Gasteiger partial charge in [-0.3, -0.25) is 10.1 Å². The second-order valence-corrected chi connectivity index (χ2v) is 5.64. The van der Waals surface area contributed by atoms with Gasteiger partial charge in [-0.1, -0.05) is 30.3 Å². The number of benzene rings is 2. The number of hydrogen-bond donors (Lipinski definition) is 2. The van der Waals surface area contributed by atoms with Crippen LogP contribution in [0.15, 0.2) is 48.5 Å². The van der Waals surface area contributed by atoms with Crippen molar-refractivity contribution < 1.29 is 19.0 Å². The fraction of sp³-hybridized carbons (Fsp3) is 0.278. The molecule has 0 unspecified atom stereocenters. The van der Waals surface area contributed by atoms with Gasteiger partial charge in [0.25, 0.3) is 0 Å². The Morgan fingerprint density at radius 2 is 1.91 bits per heavy atom. The van der Waals surface area contributed by atoms with Crippen LogP contribution in [0.3, 0.4) is 0 Å². The Kier molecular flexibility index (Phi) is 4.57. The van der Waals surface area contributed by atoms with Gasteiger partial charge in [-0.15, -0.1) is 0 Å². The molecule has 0 spiro atoms. The minimum absolute atomic E-state index is 0.0525. The number of carboxylic acid groups (broad SMARTS) is 1. The van der Waals surface area contributed by atoms with E-state index in [9.17, 15) is 9.18 Å². The van der Waals surface area contributed by atoms with Gasteiger partial charge in [0.2, 0.25) is 0 Å². The lowest BCUT2D eigenvalue weighted by molar-refractivity contribution is -0.139. The molecular weight excluding hydrogens is 297 g/mol. The molecule has 1 heterocycles. The predicted molar refractivity (Wildman–Crippen MR) is 83.7 cm³/mol. The van der Waals surface area contributed by atoms with E-state index < -0.39 is 12.0 Å². The topological polar surface area (TPSA) is 58.6 Å². The van der Waals surface area contributed by atoms with Crippen molar-refractivity contribution in [2.45, 2.75) is 31.5 Å². The van der Waals surface area contributed by atoms with Gasteiger partial charge < -0.3 is 9.84 Å². The highest BCUT2D eigenvalue weighted by Gasteiger charge is 2.29. The molecule has 0 saturated carbocycles. The van der Waals surface area contributed by atoms with Crippen molar-refractivity contribution in [2.75, 3.05) is 0 Å². The van der Waals surface area contributed by atoms with E-state index in [-0.39, 0.29) is 18.5 Å². The fourth-order valence-corrected chi connectivity index (χ4v) is 2.77. The summed E-state index contributed by atoms with van der Waals surface area (Å²) in [5.74, 6) is -0.430. The van der Waals surface area contributed by atoms with Crippen molar-refractivity contribution in [3.05, 3.63) is 65.5 Å². The van der Waals surface area contributed by atoms with E-state index in [0.717, 1.165) is 12.0 Å². The Morgan fingerprint density at radius 3 is 2.57 bits per heavy atom. The van der Waals surface area contributed by atoms with Gasteiger partial charge in [0.05, 0.1) is 0 Å². The molecule has 3 rings (SSSR count). The molecular formula is C18H18FNO3. The molecule has 5 heteroatoms. The van der Waals surface area contributed by atoms with E-state index >= 15 is 0 Å². The third kappa shape index (κ3) is 3.68. The maximum Gasteiger partial charge on any atom is 0.320 e. The standard InChI is InChI=1S/C18H18FNO3/c19-15-4-2-1-3-13(15)11-23-14-7-5-12(6-8-14)16-9-10-17(20-16)18(21)22/h1-8,16-17,20H,9-11H2,(H,21,22)/t16-,17+/m1/s1. The monoisotopic (exact) mass is 315 g/mol. The van der Waals surface area contributed by atoms with Crippen LogP contribution < -0.4 is 10.1 Å². The maximum absolute atomic E-state index is 13.5. The van der Waals surface area contributed by atoms with Crippen LogP contribution in [0.25, 0.3) is 0 Å². The first-order valence-electron chi connectivity index (χ1n) is 7.58. The molecule has 1 saturated heterocycles. The van der Waals surface area contributed by atoms with Crippen LogP contribution >= 0.6 is 0 Å². The molecule has 2 aromatic carbocycles. The largest absolute Gasteiger partial charge is 0.489 e. The molecule has 1 aliphatic heterocycles. The highest BCUT2D eigenvalue weighted by Crippen LogP contribution is 2.28. The average Bonchev–Trinajstić information content (AvgIpc) is 3.05. The van der Waals surface area contributed by atoms with E-state index in [4.69, 9.17) is 9.84 Å². The van der Waals surface area contributed by atoms with Crippen LogP contribution in [-0.4, -0.2) is 17.1 Å². The highest BCUT2D eigenvalue weighted by atomic mass is 19.1. The normalized spacial score (nSPS) is 20.4. The lowest BCUT2D eigenvalue weighted by Gasteiger charge is -2.13. The fourth-order valence-electron chi connectivity index (χ4n) is 2.77. The van der Waals surface area contributed by atoms with Gasteiger partial charge in [-0.05, 0) is 36.6 Å². The Hall–Kier alpha value is -2.40. The Morgan fingerprint density at radius 1 is 1.17 bits per heavy atom. The molecule has 1 fully saturated rings. The SMILES string of the molecule is O=C(O)[C@@H]1CC[C@H](c2ccc(OCc3ccccc3F)cc2)N1. The van der Waals surface area contributed by atoms with Crippen molar-refractivity contribution in [1.29, 1.82) is 0 Å². The summed E-state index contributed by atoms with van der Waals surface area (Å²) in [6, 6.07) is 13.6. The quantitative estimate of drug-likeness (QED) is 0.889. The smallest absolute Gasteiger partial charge is 0.320 e. The summed E-state index contributed by atoms with van der Waals surface area (Å²) in [4.78, 5) is 11.0. The summed E-state index contributed by atoms with van der Waals surface area (Å²) in [6.07, 6.45) is 1.43. The molecule has 1 aliphatic rings. The van der Waals surface area contributed by atoms with E-state index in [2.05, 4.69) is 5.32 Å². The van der Waals surface area contributed by atoms with Gasteiger partial charge >= 0.3 is 5.97 Å². The van der Waals surface area contributed by atoms with Crippen LogP contribution in [0.5, 0.6) is 5.75 Å². The van der Waals surface area contributed by atoms with Crippen LogP contribution in [0, 0.1) is 5.82 Å². The van der Waals surface area contributed by atoms with E-state index in [0.29, 0.717) is 17.7 Å². The van der Waals surface area contributed by atoms with Crippen LogP contribution in [0.1, 0.15) is 30.0 Å². The molecule has 0 radical (unpaired) electrons. The maximum atomic E-state index is 13.5. The first kappa shape index (κ1) is 15.5. The number of nitrogens with one attached hydrogen (secondary N) is 1. The lowest BCUT2D eigenvalue weighted by Crippen LogP contribution is -2.31. The number of hydrogen-bond acceptors (Lipinski definition) is 3. The molecule has 4 nitrogen and oxygen atoms in total. The number of carbonyl (C=O) groups is 1. The molecule has 2 aromatic rings. The zero-order chi connectivity index (χ0) is 16.2. The van der Waals surface area contributed by atoms with Gasteiger partial charge in [0.15, 0.2) is 0 Å². The van der Waals surface area contributed by atoms with Gasteiger partial charge in [-0.2, -0.15) is 0 Å². The Bertz CT molecular complexity index is 687. The van der Waals surface area contributed by atoms with Crippen LogP contribution in [-0.2, 0) is 11.4 Å². The van der Waals surface area contributed by atoms with Crippen molar-refractivity contribution >= 4 is 5.97 Å². The number of ether oxygens (including phenoxy) is 1. The first-order chi connectivity index (χ1) is 11.1. The second-order valence-electron chi connectivity index (χ2n) is 5.64. The average molecular weight is 315 g/mol. The molecule has 2 atom stereocenters. The molecule has 0 amide bonds. The molecule has 0 bridgehead atoms. The van der Waals surface area contributed by atoms with Gasteiger partial charge in [0, 0.05) is 11.6 Å². The van der Waals surface area contributed by atoms with Gasteiger partial charge in [-0.25, -0.2) is 4.39 Å². The Balaban J connectivity index is 1.59. The molecule has 2 N–H and O–H groups in total. The van der Waals surface area contributed by atoms with E-state index in [1.165, 1.54) is 6.07 Å². The van der Waals surface area contributed by atoms with Crippen molar-refractivity contribution in [3.8, 4) is 5.75 Å². The van der Waals surface area contributed by atoms with Crippen molar-refractivity contribution in [2.24, 2.45) is 0 Å². The summed E-state index contributed by atoms with van der Waals surface area (Å²) in [5, 5.41) is 12.1. The number of carboxylic acids is 1. The minimum atomic E-state index is -0.808. The molecule has 0 aliphatic carbocycles. The minimum Gasteiger partial charge on any atom is -0.489 e. The lowest BCUT2D eigenvalue weighted by atomic mass is 10.1. The van der Waals surface area contributed by atoms with Crippen molar-refractivity contribution in [1.82, 2.24) is 5.32 Å². The first-order valence-corrected chi connectivity index (χ1v) is 7.58. The third-order valence-electron chi connectivity index (χ3n) is 4.08. The zero-order valence-corrected chi connectivity index (χ0v) is 12.5. The molecule has 0 aromatic heterocycles. The van der Waals surface area contributed by atoms with Crippen molar-refractivity contribution in [3.63, 3.8) is 0 Å². The molecule has 23 heavy (non-hydrogen) atoms.